The van der Waals surface area contributed by atoms with E-state index < -0.39 is 5.91 Å². The zero-order chi connectivity index (χ0) is 16.7. The Morgan fingerprint density at radius 3 is 2.65 bits per heavy atom. The molecule has 0 saturated carbocycles. The predicted molar refractivity (Wildman–Crippen MR) is 93.8 cm³/mol. The number of carbonyl (C=O) groups excluding carboxylic acids is 2. The van der Waals surface area contributed by atoms with Gasteiger partial charge in [0.05, 0.1) is 16.0 Å². The van der Waals surface area contributed by atoms with Crippen molar-refractivity contribution in [3.8, 4) is 5.75 Å². The van der Waals surface area contributed by atoms with Gasteiger partial charge in [-0.3, -0.25) is 20.4 Å². The number of halogens is 1. The Kier molecular flexibility index (Phi) is 6.61. The summed E-state index contributed by atoms with van der Waals surface area (Å²) >= 11 is 4.69. The maximum Gasteiger partial charge on any atom is 0.279 e. The number of carbonyl (C=O) groups is 2. The lowest BCUT2D eigenvalue weighted by atomic mass is 10.2. The molecular formula is C16H17BrN2O3S. The molecule has 0 unspecified atom stereocenters. The van der Waals surface area contributed by atoms with E-state index in [0.717, 1.165) is 12.8 Å². The number of rotatable bonds is 6. The van der Waals surface area contributed by atoms with E-state index >= 15 is 0 Å². The number of unbranched alkanes of at least 4 members (excludes halogenated alkanes) is 1. The van der Waals surface area contributed by atoms with Crippen LogP contribution in [0.3, 0.4) is 0 Å². The number of thiophene rings is 1. The highest BCUT2D eigenvalue weighted by Gasteiger charge is 2.11. The first-order valence-corrected chi connectivity index (χ1v) is 8.85. The number of hydrogen-bond acceptors (Lipinski definition) is 4. The van der Waals surface area contributed by atoms with Gasteiger partial charge in [-0.2, -0.15) is 0 Å². The van der Waals surface area contributed by atoms with Crippen LogP contribution in [0.1, 0.15) is 39.8 Å². The topological polar surface area (TPSA) is 67.4 Å². The third-order valence-electron chi connectivity index (χ3n) is 2.98. The quantitative estimate of drug-likeness (QED) is 0.576. The van der Waals surface area contributed by atoms with Gasteiger partial charge in [0.25, 0.3) is 11.8 Å². The lowest BCUT2D eigenvalue weighted by Gasteiger charge is -2.10. The van der Waals surface area contributed by atoms with Crippen LogP contribution in [0.25, 0.3) is 0 Å². The van der Waals surface area contributed by atoms with Crippen LogP contribution in [0.15, 0.2) is 40.2 Å². The van der Waals surface area contributed by atoms with Crippen LogP contribution in [0.2, 0.25) is 0 Å². The average molecular weight is 397 g/mol. The zero-order valence-corrected chi connectivity index (χ0v) is 15.0. The maximum atomic E-state index is 12.1. The normalized spacial score (nSPS) is 10.2. The van der Waals surface area contributed by atoms with Gasteiger partial charge in [-0.1, -0.05) is 19.4 Å². The van der Waals surface area contributed by atoms with Crippen molar-refractivity contribution in [3.63, 3.8) is 0 Å². The molecule has 0 saturated heterocycles. The molecule has 23 heavy (non-hydrogen) atoms. The van der Waals surface area contributed by atoms with Crippen LogP contribution in [0.5, 0.6) is 5.75 Å². The molecule has 0 radical (unpaired) electrons. The van der Waals surface area contributed by atoms with Gasteiger partial charge < -0.3 is 4.74 Å². The van der Waals surface area contributed by atoms with Crippen molar-refractivity contribution in [3.05, 3.63) is 50.6 Å². The van der Waals surface area contributed by atoms with Crippen molar-refractivity contribution in [1.82, 2.24) is 10.9 Å². The number of amides is 2. The van der Waals surface area contributed by atoms with Crippen molar-refractivity contribution in [2.24, 2.45) is 0 Å². The number of ether oxygens (including phenoxy) is 1. The van der Waals surface area contributed by atoms with Crippen LogP contribution >= 0.6 is 27.3 Å². The van der Waals surface area contributed by atoms with E-state index in [2.05, 4.69) is 33.7 Å². The summed E-state index contributed by atoms with van der Waals surface area (Å²) < 4.78 is 6.31. The van der Waals surface area contributed by atoms with Crippen LogP contribution in [0.4, 0.5) is 0 Å². The number of hydrazine groups is 1. The van der Waals surface area contributed by atoms with Crippen molar-refractivity contribution in [2.75, 3.05) is 6.61 Å². The second-order valence-electron chi connectivity index (χ2n) is 4.73. The minimum Gasteiger partial charge on any atom is -0.492 e. The molecule has 0 atom stereocenters. The van der Waals surface area contributed by atoms with Crippen molar-refractivity contribution < 1.29 is 14.3 Å². The fourth-order valence-electron chi connectivity index (χ4n) is 1.74. The Balaban J connectivity index is 1.91. The number of nitrogens with one attached hydrogen (secondary N) is 2. The summed E-state index contributed by atoms with van der Waals surface area (Å²) in [5.74, 6) is -0.0414. The number of hydrogen-bond donors (Lipinski definition) is 2. The average Bonchev–Trinajstić information content (AvgIpc) is 3.08. The number of benzene rings is 1. The molecule has 0 aliphatic rings. The highest BCUT2D eigenvalue weighted by molar-refractivity contribution is 9.10. The Hall–Kier alpha value is -1.86. The Labute approximate surface area is 147 Å². The van der Waals surface area contributed by atoms with E-state index in [4.69, 9.17) is 4.74 Å². The van der Waals surface area contributed by atoms with Crippen molar-refractivity contribution in [2.45, 2.75) is 19.8 Å². The minimum absolute atomic E-state index is 0.341. The molecule has 1 aromatic carbocycles. The van der Waals surface area contributed by atoms with E-state index in [0.29, 0.717) is 27.3 Å². The highest BCUT2D eigenvalue weighted by atomic mass is 79.9. The lowest BCUT2D eigenvalue weighted by molar-refractivity contribution is 0.0849. The first kappa shape index (κ1) is 17.5. The third-order valence-corrected chi connectivity index (χ3v) is 4.47. The molecule has 2 amide bonds. The standard InChI is InChI=1S/C16H17BrN2O3S/c1-2-3-8-22-13-7-6-11(10-12(13)17)15(20)18-19-16(21)14-5-4-9-23-14/h4-7,9-10H,2-3,8H2,1H3,(H,18,20)(H,19,21). The summed E-state index contributed by atoms with van der Waals surface area (Å²) in [5.41, 5.74) is 5.20. The smallest absolute Gasteiger partial charge is 0.279 e. The molecule has 0 fully saturated rings. The van der Waals surface area contributed by atoms with E-state index in [9.17, 15) is 9.59 Å². The molecule has 5 nitrogen and oxygen atoms in total. The fraction of sp³-hybridized carbons (Fsp3) is 0.250. The van der Waals surface area contributed by atoms with Crippen molar-refractivity contribution >= 4 is 39.1 Å². The Morgan fingerprint density at radius 1 is 1.22 bits per heavy atom. The van der Waals surface area contributed by atoms with Gasteiger partial charge in [0.15, 0.2) is 0 Å². The molecule has 2 aromatic rings. The largest absolute Gasteiger partial charge is 0.492 e. The Bertz CT molecular complexity index is 674. The van der Waals surface area contributed by atoms with E-state index in [1.54, 1.807) is 35.7 Å². The van der Waals surface area contributed by atoms with Gasteiger partial charge in [0.2, 0.25) is 0 Å². The molecule has 2 rings (SSSR count). The summed E-state index contributed by atoms with van der Waals surface area (Å²) in [6, 6.07) is 8.50. The SMILES string of the molecule is CCCCOc1ccc(C(=O)NNC(=O)c2cccs2)cc1Br. The van der Waals surface area contributed by atoms with Crippen LogP contribution in [-0.2, 0) is 0 Å². The van der Waals surface area contributed by atoms with Gasteiger partial charge in [-0.05, 0) is 52.0 Å². The molecule has 0 bridgehead atoms. The van der Waals surface area contributed by atoms with Gasteiger partial charge in [-0.25, -0.2) is 0 Å². The van der Waals surface area contributed by atoms with Gasteiger partial charge in [0, 0.05) is 5.56 Å². The first-order valence-electron chi connectivity index (χ1n) is 7.18. The molecule has 1 heterocycles. The summed E-state index contributed by atoms with van der Waals surface area (Å²) in [6.45, 7) is 2.73. The molecule has 7 heteroatoms. The van der Waals surface area contributed by atoms with Crippen molar-refractivity contribution in [1.29, 1.82) is 0 Å². The van der Waals surface area contributed by atoms with E-state index in [-0.39, 0.29) is 5.91 Å². The zero-order valence-electron chi connectivity index (χ0n) is 12.6. The third kappa shape index (κ3) is 5.07. The summed E-state index contributed by atoms with van der Waals surface area (Å²) in [6.07, 6.45) is 2.03. The summed E-state index contributed by atoms with van der Waals surface area (Å²) in [4.78, 5) is 24.4. The van der Waals surface area contributed by atoms with Gasteiger partial charge in [-0.15, -0.1) is 11.3 Å². The first-order chi connectivity index (χ1) is 11.1. The van der Waals surface area contributed by atoms with Crippen LogP contribution < -0.4 is 15.6 Å². The minimum atomic E-state index is -0.393. The summed E-state index contributed by atoms with van der Waals surface area (Å²) in [5, 5.41) is 1.80. The fourth-order valence-corrected chi connectivity index (χ4v) is 2.85. The highest BCUT2D eigenvalue weighted by Crippen LogP contribution is 2.26. The second kappa shape index (κ2) is 8.69. The monoisotopic (exact) mass is 396 g/mol. The van der Waals surface area contributed by atoms with E-state index in [1.807, 2.05) is 0 Å². The molecular weight excluding hydrogens is 380 g/mol. The van der Waals surface area contributed by atoms with Crippen LogP contribution in [0, 0.1) is 0 Å². The maximum absolute atomic E-state index is 12.1. The molecule has 0 spiro atoms. The Morgan fingerprint density at radius 2 is 2.00 bits per heavy atom. The lowest BCUT2D eigenvalue weighted by Crippen LogP contribution is -2.41. The van der Waals surface area contributed by atoms with Crippen LogP contribution in [-0.4, -0.2) is 18.4 Å². The molecule has 1 aromatic heterocycles. The molecule has 0 aliphatic heterocycles. The molecule has 0 aliphatic carbocycles. The molecule has 122 valence electrons. The van der Waals surface area contributed by atoms with Gasteiger partial charge in [0.1, 0.15) is 5.75 Å². The second-order valence-corrected chi connectivity index (χ2v) is 6.53. The summed E-state index contributed by atoms with van der Waals surface area (Å²) in [7, 11) is 0. The van der Waals surface area contributed by atoms with E-state index in [1.165, 1.54) is 11.3 Å². The predicted octanol–water partition coefficient (Wildman–Crippen LogP) is 3.76. The van der Waals surface area contributed by atoms with Gasteiger partial charge >= 0.3 is 0 Å². The molecule has 2 N–H and O–H groups in total.